The highest BCUT2D eigenvalue weighted by Gasteiger charge is 2.16. The average molecular weight is 399 g/mol. The van der Waals surface area contributed by atoms with Crippen LogP contribution in [-0.2, 0) is 0 Å². The zero-order valence-corrected chi connectivity index (χ0v) is 15.2. The Morgan fingerprint density at radius 1 is 1.17 bits per heavy atom. The van der Waals surface area contributed by atoms with E-state index in [1.807, 2.05) is 13.8 Å². The molecule has 0 heterocycles. The molecular formula is C17H17BrClNO3. The van der Waals surface area contributed by atoms with Crippen LogP contribution in [0.2, 0.25) is 5.02 Å². The summed E-state index contributed by atoms with van der Waals surface area (Å²) in [5, 5.41) is 3.27. The summed E-state index contributed by atoms with van der Waals surface area (Å²) in [6, 6.07) is 10.4. The van der Waals surface area contributed by atoms with E-state index in [2.05, 4.69) is 21.2 Å². The average Bonchev–Trinajstić information content (AvgIpc) is 2.53. The van der Waals surface area contributed by atoms with Gasteiger partial charge < -0.3 is 14.8 Å². The van der Waals surface area contributed by atoms with Crippen molar-refractivity contribution in [3.8, 4) is 11.5 Å². The third-order valence-electron chi connectivity index (χ3n) is 2.98. The number of carbonyl (C=O) groups excluding carboxylic acids is 1. The molecule has 1 N–H and O–H groups in total. The van der Waals surface area contributed by atoms with Crippen molar-refractivity contribution >= 4 is 39.1 Å². The molecule has 6 heteroatoms. The zero-order valence-electron chi connectivity index (χ0n) is 12.9. The predicted molar refractivity (Wildman–Crippen MR) is 95.9 cm³/mol. The van der Waals surface area contributed by atoms with Gasteiger partial charge in [-0.2, -0.15) is 0 Å². The summed E-state index contributed by atoms with van der Waals surface area (Å²) in [6.45, 7) is 4.74. The van der Waals surface area contributed by atoms with E-state index in [1.165, 1.54) is 0 Å². The maximum atomic E-state index is 12.5. The van der Waals surface area contributed by atoms with Crippen molar-refractivity contribution in [3.05, 3.63) is 51.5 Å². The van der Waals surface area contributed by atoms with E-state index in [9.17, 15) is 4.79 Å². The predicted octanol–water partition coefficient (Wildman–Crippen LogP) is 5.15. The molecular weight excluding hydrogens is 382 g/mol. The Morgan fingerprint density at radius 2 is 1.87 bits per heavy atom. The Morgan fingerprint density at radius 3 is 2.52 bits per heavy atom. The number of hydrogen-bond acceptors (Lipinski definition) is 3. The molecule has 0 fully saturated rings. The van der Waals surface area contributed by atoms with E-state index in [4.69, 9.17) is 21.1 Å². The first kappa shape index (κ1) is 17.6. The van der Waals surface area contributed by atoms with Gasteiger partial charge in [0.15, 0.2) is 11.5 Å². The Bertz CT molecular complexity index is 706. The van der Waals surface area contributed by atoms with Crippen molar-refractivity contribution < 1.29 is 14.3 Å². The standard InChI is InChI=1S/C17H17BrClNO3/c1-3-22-15-10-11(9-12(18)16(15)23-4-2)17(21)20-14-8-6-5-7-13(14)19/h5-10H,3-4H2,1-2H3,(H,20,21). The number of benzene rings is 2. The lowest BCUT2D eigenvalue weighted by molar-refractivity contribution is 0.102. The van der Waals surface area contributed by atoms with Crippen molar-refractivity contribution in [1.29, 1.82) is 0 Å². The molecule has 2 aromatic carbocycles. The summed E-state index contributed by atoms with van der Waals surface area (Å²) >= 11 is 9.49. The minimum absolute atomic E-state index is 0.275. The Labute approximate surface area is 148 Å². The van der Waals surface area contributed by atoms with Gasteiger partial charge in [0.2, 0.25) is 0 Å². The Hall–Kier alpha value is -1.72. The van der Waals surface area contributed by atoms with E-state index < -0.39 is 0 Å². The number of ether oxygens (including phenoxy) is 2. The minimum Gasteiger partial charge on any atom is -0.490 e. The van der Waals surface area contributed by atoms with Crippen LogP contribution < -0.4 is 14.8 Å². The van der Waals surface area contributed by atoms with Crippen LogP contribution in [0, 0.1) is 0 Å². The fourth-order valence-electron chi connectivity index (χ4n) is 2.00. The Balaban J connectivity index is 2.31. The van der Waals surface area contributed by atoms with Crippen molar-refractivity contribution in [3.63, 3.8) is 0 Å². The first-order valence-electron chi connectivity index (χ1n) is 7.21. The van der Waals surface area contributed by atoms with Gasteiger partial charge in [-0.05, 0) is 54.0 Å². The monoisotopic (exact) mass is 397 g/mol. The highest BCUT2D eigenvalue weighted by atomic mass is 79.9. The van der Waals surface area contributed by atoms with E-state index in [0.29, 0.717) is 45.5 Å². The summed E-state index contributed by atoms with van der Waals surface area (Å²) in [7, 11) is 0. The fraction of sp³-hybridized carbons (Fsp3) is 0.235. The topological polar surface area (TPSA) is 47.6 Å². The van der Waals surface area contributed by atoms with Crippen molar-refractivity contribution in [2.24, 2.45) is 0 Å². The zero-order chi connectivity index (χ0) is 16.8. The van der Waals surface area contributed by atoms with Crippen molar-refractivity contribution in [1.82, 2.24) is 0 Å². The van der Waals surface area contributed by atoms with Gasteiger partial charge in [-0.15, -0.1) is 0 Å². The van der Waals surface area contributed by atoms with Gasteiger partial charge in [0.1, 0.15) is 0 Å². The lowest BCUT2D eigenvalue weighted by Gasteiger charge is -2.14. The number of halogens is 2. The Kier molecular flexibility index (Phi) is 6.30. The van der Waals surface area contributed by atoms with Gasteiger partial charge in [0.25, 0.3) is 5.91 Å². The number of carbonyl (C=O) groups is 1. The molecule has 0 bridgehead atoms. The normalized spacial score (nSPS) is 10.3. The summed E-state index contributed by atoms with van der Waals surface area (Å²) in [6.07, 6.45) is 0. The molecule has 122 valence electrons. The van der Waals surface area contributed by atoms with Crippen LogP contribution in [0.3, 0.4) is 0 Å². The first-order chi connectivity index (χ1) is 11.1. The third-order valence-corrected chi connectivity index (χ3v) is 3.90. The molecule has 0 radical (unpaired) electrons. The number of rotatable bonds is 6. The molecule has 0 aliphatic heterocycles. The van der Waals surface area contributed by atoms with E-state index in [-0.39, 0.29) is 5.91 Å². The summed E-state index contributed by atoms with van der Waals surface area (Å²) in [5.41, 5.74) is 1.01. The van der Waals surface area contributed by atoms with Crippen LogP contribution >= 0.6 is 27.5 Å². The lowest BCUT2D eigenvalue weighted by Crippen LogP contribution is -2.13. The number of amides is 1. The second-order valence-corrected chi connectivity index (χ2v) is 5.85. The molecule has 0 aliphatic carbocycles. The van der Waals surface area contributed by atoms with Gasteiger partial charge in [-0.1, -0.05) is 23.7 Å². The second-order valence-electron chi connectivity index (χ2n) is 4.59. The van der Waals surface area contributed by atoms with Crippen molar-refractivity contribution in [2.75, 3.05) is 18.5 Å². The van der Waals surface area contributed by atoms with Crippen molar-refractivity contribution in [2.45, 2.75) is 13.8 Å². The summed E-state index contributed by atoms with van der Waals surface area (Å²) in [4.78, 5) is 12.5. The third kappa shape index (κ3) is 4.39. The van der Waals surface area contributed by atoms with Gasteiger partial charge in [0, 0.05) is 5.56 Å². The second kappa shape index (κ2) is 8.22. The maximum Gasteiger partial charge on any atom is 0.255 e. The summed E-state index contributed by atoms with van der Waals surface area (Å²) in [5.74, 6) is 0.833. The molecule has 0 saturated carbocycles. The van der Waals surface area contributed by atoms with Gasteiger partial charge in [0.05, 0.1) is 28.4 Å². The van der Waals surface area contributed by atoms with Crippen LogP contribution in [0.5, 0.6) is 11.5 Å². The molecule has 2 rings (SSSR count). The quantitative estimate of drug-likeness (QED) is 0.732. The van der Waals surface area contributed by atoms with Crippen LogP contribution in [0.15, 0.2) is 40.9 Å². The molecule has 1 amide bonds. The number of anilines is 1. The maximum absolute atomic E-state index is 12.5. The summed E-state index contributed by atoms with van der Waals surface area (Å²) < 4.78 is 11.8. The molecule has 0 spiro atoms. The number of hydrogen-bond donors (Lipinski definition) is 1. The van der Waals surface area contributed by atoms with Crippen LogP contribution in [0.1, 0.15) is 24.2 Å². The largest absolute Gasteiger partial charge is 0.490 e. The smallest absolute Gasteiger partial charge is 0.255 e. The molecule has 23 heavy (non-hydrogen) atoms. The molecule has 0 saturated heterocycles. The lowest BCUT2D eigenvalue weighted by atomic mass is 10.1. The molecule has 2 aromatic rings. The van der Waals surface area contributed by atoms with Crippen LogP contribution in [0.4, 0.5) is 5.69 Å². The number of para-hydroxylation sites is 1. The van der Waals surface area contributed by atoms with E-state index in [0.717, 1.165) is 0 Å². The molecule has 0 aliphatic rings. The van der Waals surface area contributed by atoms with E-state index >= 15 is 0 Å². The van der Waals surface area contributed by atoms with Gasteiger partial charge >= 0.3 is 0 Å². The number of nitrogens with one attached hydrogen (secondary N) is 1. The highest BCUT2D eigenvalue weighted by Crippen LogP contribution is 2.37. The van der Waals surface area contributed by atoms with Crippen LogP contribution in [0.25, 0.3) is 0 Å². The molecule has 0 unspecified atom stereocenters. The minimum atomic E-state index is -0.275. The highest BCUT2D eigenvalue weighted by molar-refractivity contribution is 9.10. The van der Waals surface area contributed by atoms with Gasteiger partial charge in [-0.25, -0.2) is 0 Å². The van der Waals surface area contributed by atoms with E-state index in [1.54, 1.807) is 36.4 Å². The molecule has 0 aromatic heterocycles. The first-order valence-corrected chi connectivity index (χ1v) is 8.38. The SMILES string of the molecule is CCOc1cc(C(=O)Nc2ccccc2Cl)cc(Br)c1OCC. The van der Waals surface area contributed by atoms with Crippen LogP contribution in [-0.4, -0.2) is 19.1 Å². The molecule has 0 atom stereocenters. The molecule has 4 nitrogen and oxygen atoms in total. The van der Waals surface area contributed by atoms with Gasteiger partial charge in [-0.3, -0.25) is 4.79 Å². The fourth-order valence-corrected chi connectivity index (χ4v) is 2.74.